The van der Waals surface area contributed by atoms with E-state index in [2.05, 4.69) is 5.32 Å². The average Bonchev–Trinajstić information content (AvgIpc) is 2.78. The fourth-order valence-corrected chi connectivity index (χ4v) is 4.81. The Hall–Kier alpha value is -3.41. The van der Waals surface area contributed by atoms with E-state index in [1.807, 2.05) is 0 Å². The van der Waals surface area contributed by atoms with Crippen LogP contribution in [0.2, 0.25) is 0 Å². The summed E-state index contributed by atoms with van der Waals surface area (Å²) < 4.78 is 55.6. The minimum atomic E-state index is -4.20. The van der Waals surface area contributed by atoms with Gasteiger partial charge < -0.3 is 10.1 Å². The number of primary sulfonamides is 1. The Balaban J connectivity index is 1.95. The normalized spacial score (nSPS) is 11.6. The lowest BCUT2D eigenvalue weighted by Gasteiger charge is -2.22. The van der Waals surface area contributed by atoms with Crippen LogP contribution < -0.4 is 19.5 Å². The fraction of sp³-hybridized carbons (Fsp3) is 0.0952. The van der Waals surface area contributed by atoms with Crippen molar-refractivity contribution >= 4 is 37.3 Å². The molecule has 11 heteroatoms. The molecule has 1 amide bonds. The van der Waals surface area contributed by atoms with Gasteiger partial charge in [-0.1, -0.05) is 18.2 Å². The van der Waals surface area contributed by atoms with Crippen molar-refractivity contribution < 1.29 is 26.4 Å². The van der Waals surface area contributed by atoms with Gasteiger partial charge in [-0.15, -0.1) is 0 Å². The minimum Gasteiger partial charge on any atom is -0.497 e. The van der Waals surface area contributed by atoms with Crippen LogP contribution in [0.5, 0.6) is 5.75 Å². The number of anilines is 2. The van der Waals surface area contributed by atoms with E-state index >= 15 is 0 Å². The molecule has 3 aromatic rings. The largest absolute Gasteiger partial charge is 0.497 e. The highest BCUT2D eigenvalue weighted by atomic mass is 32.2. The second kappa shape index (κ2) is 8.99. The van der Waals surface area contributed by atoms with E-state index in [1.165, 1.54) is 44.5 Å². The summed E-state index contributed by atoms with van der Waals surface area (Å²) in [5.41, 5.74) is 0.716. The number of carbonyl (C=O) groups excluding carboxylic acids is 1. The van der Waals surface area contributed by atoms with Gasteiger partial charge >= 0.3 is 0 Å². The number of benzene rings is 3. The van der Waals surface area contributed by atoms with Gasteiger partial charge in [0.05, 0.1) is 28.2 Å². The van der Waals surface area contributed by atoms with Crippen molar-refractivity contribution in [1.29, 1.82) is 0 Å². The number of methoxy groups -OCH3 is 1. The fourth-order valence-electron chi connectivity index (χ4n) is 2.91. The van der Waals surface area contributed by atoms with Crippen LogP contribution in [-0.2, 0) is 20.0 Å². The lowest BCUT2D eigenvalue weighted by molar-refractivity contribution is 0.102. The van der Waals surface area contributed by atoms with Gasteiger partial charge in [-0.25, -0.2) is 22.0 Å². The molecular weight excluding hydrogens is 454 g/mol. The standard InChI is InChI=1S/C21H21N3O6S2/c1-24(32(28,29)18-7-5-6-17(14-18)31(22,26)27)20-9-4-3-8-19(20)21(25)23-15-10-12-16(30-2)13-11-15/h3-14H,1-2H3,(H,23,25)(H2,22,26,27). The summed E-state index contributed by atoms with van der Waals surface area (Å²) in [4.78, 5) is 12.3. The molecule has 0 unspecified atom stereocenters. The molecule has 9 nitrogen and oxygen atoms in total. The predicted octanol–water partition coefficient (Wildman–Crippen LogP) is 2.42. The van der Waals surface area contributed by atoms with Crippen molar-refractivity contribution in [3.8, 4) is 5.75 Å². The zero-order valence-corrected chi connectivity index (χ0v) is 18.9. The second-order valence-electron chi connectivity index (χ2n) is 6.69. The highest BCUT2D eigenvalue weighted by Gasteiger charge is 2.26. The lowest BCUT2D eigenvalue weighted by Crippen LogP contribution is -2.29. The minimum absolute atomic E-state index is 0.108. The first kappa shape index (κ1) is 23.3. The van der Waals surface area contributed by atoms with Crippen LogP contribution in [0.1, 0.15) is 10.4 Å². The van der Waals surface area contributed by atoms with E-state index in [0.29, 0.717) is 11.4 Å². The van der Waals surface area contributed by atoms with E-state index in [1.54, 1.807) is 36.4 Å². The Morgan fingerprint density at radius 3 is 2.16 bits per heavy atom. The number of ether oxygens (including phenoxy) is 1. The van der Waals surface area contributed by atoms with Gasteiger partial charge in [0, 0.05) is 12.7 Å². The molecule has 0 aromatic heterocycles. The molecular formula is C21H21N3O6S2. The first-order valence-corrected chi connectivity index (χ1v) is 12.2. The predicted molar refractivity (Wildman–Crippen MR) is 121 cm³/mol. The van der Waals surface area contributed by atoms with Crippen LogP contribution in [-0.4, -0.2) is 36.9 Å². The van der Waals surface area contributed by atoms with Crippen LogP contribution in [0.4, 0.5) is 11.4 Å². The molecule has 0 fully saturated rings. The van der Waals surface area contributed by atoms with Crippen LogP contribution in [0.15, 0.2) is 82.6 Å². The van der Waals surface area contributed by atoms with E-state index in [9.17, 15) is 21.6 Å². The van der Waals surface area contributed by atoms with Crippen LogP contribution in [0.3, 0.4) is 0 Å². The number of para-hydroxylation sites is 1. The van der Waals surface area contributed by atoms with Crippen LogP contribution in [0, 0.1) is 0 Å². The van der Waals surface area contributed by atoms with Gasteiger partial charge in [0.15, 0.2) is 0 Å². The van der Waals surface area contributed by atoms with Crippen molar-refractivity contribution in [2.24, 2.45) is 5.14 Å². The molecule has 168 valence electrons. The topological polar surface area (TPSA) is 136 Å². The summed E-state index contributed by atoms with van der Waals surface area (Å²) >= 11 is 0. The number of amides is 1. The Labute approximate surface area is 186 Å². The van der Waals surface area contributed by atoms with E-state index in [4.69, 9.17) is 9.88 Å². The molecule has 0 aliphatic rings. The summed E-state index contributed by atoms with van der Waals surface area (Å²) in [5, 5.41) is 7.83. The van der Waals surface area contributed by atoms with Gasteiger partial charge in [-0.05, 0) is 54.6 Å². The molecule has 0 radical (unpaired) electrons. The zero-order valence-electron chi connectivity index (χ0n) is 17.2. The summed E-state index contributed by atoms with van der Waals surface area (Å²) in [6.07, 6.45) is 0. The van der Waals surface area contributed by atoms with Crippen LogP contribution >= 0.6 is 0 Å². The smallest absolute Gasteiger partial charge is 0.264 e. The first-order valence-electron chi connectivity index (χ1n) is 9.20. The third kappa shape index (κ3) is 4.90. The van der Waals surface area contributed by atoms with E-state index < -0.39 is 26.0 Å². The molecule has 3 rings (SSSR count). The monoisotopic (exact) mass is 475 g/mol. The number of rotatable bonds is 7. The zero-order chi connectivity index (χ0) is 23.5. The maximum Gasteiger partial charge on any atom is 0.264 e. The molecule has 0 aliphatic heterocycles. The maximum absolute atomic E-state index is 13.2. The SMILES string of the molecule is COc1ccc(NC(=O)c2ccccc2N(C)S(=O)(=O)c2cccc(S(N)(=O)=O)c2)cc1. The summed E-state index contributed by atoms with van der Waals surface area (Å²) in [6, 6.07) is 17.5. The third-order valence-electron chi connectivity index (χ3n) is 4.63. The number of nitrogens with zero attached hydrogens (tertiary/aromatic N) is 1. The van der Waals surface area contributed by atoms with Crippen molar-refractivity contribution in [2.45, 2.75) is 9.79 Å². The number of nitrogens with two attached hydrogens (primary N) is 1. The maximum atomic E-state index is 13.2. The number of sulfonamides is 2. The average molecular weight is 476 g/mol. The van der Waals surface area contributed by atoms with Gasteiger partial charge in [0.2, 0.25) is 10.0 Å². The van der Waals surface area contributed by atoms with E-state index in [-0.39, 0.29) is 21.0 Å². The highest BCUT2D eigenvalue weighted by Crippen LogP contribution is 2.27. The summed E-state index contributed by atoms with van der Waals surface area (Å²) in [7, 11) is -5.49. The molecule has 0 aliphatic carbocycles. The third-order valence-corrected chi connectivity index (χ3v) is 7.31. The first-order chi connectivity index (χ1) is 15.0. The number of nitrogens with one attached hydrogen (secondary N) is 1. The van der Waals surface area contributed by atoms with Crippen molar-refractivity contribution in [3.63, 3.8) is 0 Å². The molecule has 3 aromatic carbocycles. The number of carbonyl (C=O) groups is 1. The Kier molecular flexibility index (Phi) is 6.53. The quantitative estimate of drug-likeness (QED) is 0.539. The number of hydrogen-bond acceptors (Lipinski definition) is 6. The summed E-state index contributed by atoms with van der Waals surface area (Å²) in [6.45, 7) is 0. The molecule has 0 spiro atoms. The Morgan fingerprint density at radius 1 is 0.906 bits per heavy atom. The van der Waals surface area contributed by atoms with Gasteiger partial charge in [-0.2, -0.15) is 0 Å². The second-order valence-corrected chi connectivity index (χ2v) is 10.2. The molecule has 0 bridgehead atoms. The highest BCUT2D eigenvalue weighted by molar-refractivity contribution is 7.93. The molecule has 0 atom stereocenters. The molecule has 0 saturated heterocycles. The Bertz CT molecular complexity index is 1350. The summed E-state index contributed by atoms with van der Waals surface area (Å²) in [5.74, 6) is 0.0991. The van der Waals surface area contributed by atoms with Gasteiger partial charge in [0.1, 0.15) is 5.75 Å². The van der Waals surface area contributed by atoms with E-state index in [0.717, 1.165) is 10.4 Å². The molecule has 32 heavy (non-hydrogen) atoms. The molecule has 3 N–H and O–H groups in total. The molecule has 0 saturated carbocycles. The van der Waals surface area contributed by atoms with Gasteiger partial charge in [-0.3, -0.25) is 9.10 Å². The number of hydrogen-bond donors (Lipinski definition) is 2. The van der Waals surface area contributed by atoms with Crippen molar-refractivity contribution in [3.05, 3.63) is 78.4 Å². The van der Waals surface area contributed by atoms with Crippen molar-refractivity contribution in [1.82, 2.24) is 0 Å². The lowest BCUT2D eigenvalue weighted by atomic mass is 10.1. The van der Waals surface area contributed by atoms with Gasteiger partial charge in [0.25, 0.3) is 15.9 Å². The molecule has 0 heterocycles. The Morgan fingerprint density at radius 2 is 1.53 bits per heavy atom. The van der Waals surface area contributed by atoms with Crippen LogP contribution in [0.25, 0.3) is 0 Å². The van der Waals surface area contributed by atoms with Crippen molar-refractivity contribution in [2.75, 3.05) is 23.8 Å².